The molecule has 11 aliphatic rings. The largest absolute Gasteiger partial charge is 0.348 e. The molecule has 300 valence electrons. The quantitative estimate of drug-likeness (QED) is 0.124. The van der Waals surface area contributed by atoms with Crippen LogP contribution in [-0.2, 0) is 26.2 Å². The zero-order valence-electron chi connectivity index (χ0n) is 30.8. The Bertz CT molecular complexity index is 2470. The van der Waals surface area contributed by atoms with Crippen molar-refractivity contribution >= 4 is 67.9 Å². The fourth-order valence-corrected chi connectivity index (χ4v) is 6.66. The molecule has 0 aliphatic carbocycles. The van der Waals surface area contributed by atoms with Crippen LogP contribution >= 0.6 is 0 Å². The van der Waals surface area contributed by atoms with Gasteiger partial charge in [0.25, 0.3) is 46.4 Å². The van der Waals surface area contributed by atoms with Crippen molar-refractivity contribution < 1.29 is 38.9 Å². The number of carbonyl (C=O) groups excluding carboxylic acids is 4. The first-order chi connectivity index (χ1) is 28.7. The van der Waals surface area contributed by atoms with E-state index in [-0.39, 0.29) is 70.0 Å². The van der Waals surface area contributed by atoms with Crippen LogP contribution in [0.1, 0.15) is 63.7 Å². The molecule has 20 heteroatoms. The highest BCUT2D eigenvalue weighted by Gasteiger charge is 2.27. The summed E-state index contributed by atoms with van der Waals surface area (Å²) in [6.07, 6.45) is 0. The molecule has 4 amide bonds. The van der Waals surface area contributed by atoms with E-state index in [1.807, 2.05) is 0 Å². The second-order valence-electron chi connectivity index (χ2n) is 13.6. The van der Waals surface area contributed by atoms with Gasteiger partial charge in [-0.15, -0.1) is 0 Å². The Labute approximate surface area is 335 Å². The normalized spacial score (nSPS) is 13.6. The van der Waals surface area contributed by atoms with E-state index < -0.39 is 66.1 Å². The van der Waals surface area contributed by atoms with E-state index in [1.54, 1.807) is 48.5 Å². The number of nitro benzene ring substituents is 4. The molecule has 4 N–H and O–H groups in total. The van der Waals surface area contributed by atoms with Gasteiger partial charge in [-0.2, -0.15) is 0 Å². The van der Waals surface area contributed by atoms with Gasteiger partial charge in [-0.05, 0) is 46.5 Å². The van der Waals surface area contributed by atoms with Crippen LogP contribution in [0.4, 0.5) is 22.7 Å². The predicted octanol–water partition coefficient (Wildman–Crippen LogP) is 5.66. The second-order valence-corrected chi connectivity index (χ2v) is 13.6. The molecule has 0 saturated heterocycles. The summed E-state index contributed by atoms with van der Waals surface area (Å²) in [5.41, 5.74) is -1.31. The number of carbonyl (C=O) groups is 4. The van der Waals surface area contributed by atoms with Gasteiger partial charge in [0.1, 0.15) is 0 Å². The minimum absolute atomic E-state index is 0.0792. The van der Waals surface area contributed by atoms with Crippen molar-refractivity contribution in [3.05, 3.63) is 182 Å². The average Bonchev–Trinajstić information content (AvgIpc) is 3.24. The zero-order chi connectivity index (χ0) is 42.8. The van der Waals surface area contributed by atoms with Gasteiger partial charge in [-0.25, -0.2) is 0 Å². The molecule has 0 radical (unpaired) electrons. The minimum Gasteiger partial charge on any atom is -0.348 e. The van der Waals surface area contributed by atoms with E-state index >= 15 is 0 Å². The first-order valence-electron chi connectivity index (χ1n) is 17.8. The third-order valence-electron chi connectivity index (χ3n) is 9.75. The number of hydrogen-bond acceptors (Lipinski definition) is 12. The molecule has 6 aromatic rings. The summed E-state index contributed by atoms with van der Waals surface area (Å²) >= 11 is 0. The molecule has 0 spiro atoms. The highest BCUT2D eigenvalue weighted by atomic mass is 16.6. The highest BCUT2D eigenvalue weighted by Crippen LogP contribution is 2.37. The molecule has 20 nitrogen and oxygen atoms in total. The molecular weight excluding hydrogens is 784 g/mol. The standard InChI is InChI=1S/C40H28N8O12/c49-37-25-9-29-31(33(13-25)45(53)54)11-27(15-35(29)47(57)58)39(51)43-19-23-5-7-24(8-6-23)20-44-40(52)28-12-32-30(36(16-28)48(59)60)10-26(14-34(32)46(55)56)38(50)42-18-22-2-1-21(3-4-22)17-41-37/h1-16H,17-20H2,(H,41,49)(H,42,50)(H,43,51)(H,44,52). The zero-order valence-corrected chi connectivity index (χ0v) is 30.8. The van der Waals surface area contributed by atoms with Gasteiger partial charge in [0, 0.05) is 72.7 Å². The maximum Gasteiger partial charge on any atom is 0.278 e. The lowest BCUT2D eigenvalue weighted by Gasteiger charge is -2.11. The summed E-state index contributed by atoms with van der Waals surface area (Å²) in [4.78, 5) is 98.6. The molecule has 6 aromatic carbocycles. The number of nitrogens with zero attached hydrogens (tertiary/aromatic N) is 4. The lowest BCUT2D eigenvalue weighted by atomic mass is 9.99. The van der Waals surface area contributed by atoms with E-state index in [9.17, 15) is 59.6 Å². The maximum absolute atomic E-state index is 13.3. The smallest absolute Gasteiger partial charge is 0.278 e. The Kier molecular flexibility index (Phi) is 10.6. The Morgan fingerprint density at radius 2 is 0.517 bits per heavy atom. The van der Waals surface area contributed by atoms with Gasteiger partial charge < -0.3 is 21.3 Å². The van der Waals surface area contributed by atoms with Crippen LogP contribution in [0.15, 0.2) is 97.1 Å². The minimum atomic E-state index is -0.809. The van der Waals surface area contributed by atoms with Crippen molar-refractivity contribution in [3.8, 4) is 0 Å². The van der Waals surface area contributed by atoms with Crippen molar-refractivity contribution in [2.24, 2.45) is 0 Å². The molecule has 0 saturated carbocycles. The second kappa shape index (κ2) is 16.1. The third kappa shape index (κ3) is 8.09. The molecule has 0 aromatic heterocycles. The summed E-state index contributed by atoms with van der Waals surface area (Å²) in [6.45, 7) is -0.317. The van der Waals surface area contributed by atoms with Gasteiger partial charge in [0.15, 0.2) is 0 Å². The predicted molar refractivity (Wildman–Crippen MR) is 212 cm³/mol. The van der Waals surface area contributed by atoms with Crippen LogP contribution in [0.2, 0.25) is 0 Å². The van der Waals surface area contributed by atoms with E-state index in [1.165, 1.54) is 0 Å². The summed E-state index contributed by atoms with van der Waals surface area (Å²) in [7, 11) is 0. The van der Waals surface area contributed by atoms with Gasteiger partial charge in [0.2, 0.25) is 0 Å². The Morgan fingerprint density at radius 3 is 0.683 bits per heavy atom. The van der Waals surface area contributed by atoms with Crippen molar-refractivity contribution in [3.63, 3.8) is 0 Å². The SMILES string of the molecule is O=C1NCc2ccc(cc2)CNC(=O)c2cc([N+](=O)[O-])c3cc(cc([N+](=O)[O-])c3c2)C(=O)NCc2ccc(cc2)CNC(=O)c2cc([N+](=O)[O-])c3cc1cc([N+](=O)[O-])c3c2. The van der Waals surface area contributed by atoms with Crippen LogP contribution in [0.25, 0.3) is 21.5 Å². The number of hydrogen-bond donors (Lipinski definition) is 4. The van der Waals surface area contributed by atoms with Crippen molar-refractivity contribution in [2.45, 2.75) is 26.2 Å². The molecule has 11 aliphatic heterocycles. The number of nitrogens with one attached hydrogen (secondary N) is 4. The summed E-state index contributed by atoms with van der Waals surface area (Å²) < 4.78 is 0. The average molecular weight is 813 g/mol. The lowest BCUT2D eigenvalue weighted by molar-refractivity contribution is -0.384. The van der Waals surface area contributed by atoms with E-state index in [0.717, 1.165) is 48.5 Å². The monoisotopic (exact) mass is 812 g/mol. The first kappa shape index (κ1) is 39.6. The number of amides is 4. The Balaban J connectivity index is 1.25. The van der Waals surface area contributed by atoms with E-state index in [0.29, 0.717) is 22.3 Å². The molecule has 60 heavy (non-hydrogen) atoms. The van der Waals surface area contributed by atoms with Crippen LogP contribution in [0.3, 0.4) is 0 Å². The lowest BCUT2D eigenvalue weighted by Crippen LogP contribution is -2.24. The summed E-state index contributed by atoms with van der Waals surface area (Å²) in [5.74, 6) is -3.14. The van der Waals surface area contributed by atoms with Crippen molar-refractivity contribution in [1.82, 2.24) is 21.3 Å². The van der Waals surface area contributed by atoms with Gasteiger partial charge in [0.05, 0.1) is 41.2 Å². The number of nitro groups is 4. The fraction of sp³-hybridized carbons (Fsp3) is 0.100. The fourth-order valence-electron chi connectivity index (χ4n) is 6.66. The summed E-state index contributed by atoms with van der Waals surface area (Å²) in [5, 5.41) is 58.3. The van der Waals surface area contributed by atoms with E-state index in [4.69, 9.17) is 0 Å². The molecule has 12 bridgehead atoms. The molecule has 11 heterocycles. The number of non-ortho nitro benzene ring substituents is 4. The Hall–Kier alpha value is -8.68. The van der Waals surface area contributed by atoms with Crippen LogP contribution < -0.4 is 21.3 Å². The van der Waals surface area contributed by atoms with Crippen LogP contribution in [-0.4, -0.2) is 43.3 Å². The van der Waals surface area contributed by atoms with Gasteiger partial charge in [-0.3, -0.25) is 59.6 Å². The highest BCUT2D eigenvalue weighted by molar-refractivity contribution is 6.10. The van der Waals surface area contributed by atoms with Gasteiger partial charge in [-0.1, -0.05) is 48.5 Å². The molecule has 0 atom stereocenters. The van der Waals surface area contributed by atoms with E-state index in [2.05, 4.69) is 21.3 Å². The Morgan fingerprint density at radius 1 is 0.333 bits per heavy atom. The molecular formula is C40H28N8O12. The summed E-state index contributed by atoms with van der Waals surface area (Å²) in [6, 6.07) is 21.2. The number of rotatable bonds is 4. The van der Waals surface area contributed by atoms with Gasteiger partial charge >= 0.3 is 0 Å². The van der Waals surface area contributed by atoms with Crippen LogP contribution in [0.5, 0.6) is 0 Å². The molecule has 17 rings (SSSR count). The van der Waals surface area contributed by atoms with Crippen molar-refractivity contribution in [1.29, 1.82) is 0 Å². The maximum atomic E-state index is 13.3. The molecule has 0 fully saturated rings. The van der Waals surface area contributed by atoms with Crippen molar-refractivity contribution in [2.75, 3.05) is 0 Å². The first-order valence-corrected chi connectivity index (χ1v) is 17.8. The van der Waals surface area contributed by atoms with Crippen LogP contribution in [0, 0.1) is 40.5 Å². The number of benzene rings is 6. The topological polar surface area (TPSA) is 289 Å². The molecule has 0 unspecified atom stereocenters. The third-order valence-corrected chi connectivity index (χ3v) is 9.75.